The fraction of sp³-hybridized carbons (Fsp3) is 0. The number of hydrogen-bond donors (Lipinski definition) is 2. The zero-order valence-electron chi connectivity index (χ0n) is 9.77. The van der Waals surface area contributed by atoms with Crippen molar-refractivity contribution in [3.05, 3.63) is 45.5 Å². The number of benzene rings is 1. The quantitative estimate of drug-likeness (QED) is 0.886. The van der Waals surface area contributed by atoms with Gasteiger partial charge in [0.1, 0.15) is 10.7 Å². The van der Waals surface area contributed by atoms with Crippen molar-refractivity contribution in [3.63, 3.8) is 0 Å². The fourth-order valence-electron chi connectivity index (χ4n) is 1.36. The van der Waals surface area contributed by atoms with E-state index in [4.69, 9.17) is 40.5 Å². The number of hydrogen-bond acceptors (Lipinski definition) is 4. The summed E-state index contributed by atoms with van der Waals surface area (Å²) in [6.07, 6.45) is 1.10. The molecule has 0 spiro atoms. The molecule has 1 aromatic carbocycles. The van der Waals surface area contributed by atoms with Crippen LogP contribution in [0.2, 0.25) is 15.1 Å². The Bertz CT molecular complexity index is 766. The van der Waals surface area contributed by atoms with Crippen LogP contribution in [0.5, 0.6) is 0 Å². The highest BCUT2D eigenvalue weighted by Crippen LogP contribution is 2.28. The molecule has 0 saturated carbocycles. The van der Waals surface area contributed by atoms with Gasteiger partial charge in [0.25, 0.3) is 10.0 Å². The molecule has 0 fully saturated rings. The molecule has 0 radical (unpaired) electrons. The molecule has 0 aliphatic carbocycles. The highest BCUT2D eigenvalue weighted by molar-refractivity contribution is 7.92. The first-order valence-corrected chi connectivity index (χ1v) is 7.80. The zero-order chi connectivity index (χ0) is 14.9. The van der Waals surface area contributed by atoms with Gasteiger partial charge in [-0.1, -0.05) is 34.8 Å². The Morgan fingerprint density at radius 2 is 1.80 bits per heavy atom. The summed E-state index contributed by atoms with van der Waals surface area (Å²) in [5.74, 6) is 0.0476. The molecule has 0 unspecified atom stereocenters. The summed E-state index contributed by atoms with van der Waals surface area (Å²) >= 11 is 17.4. The minimum absolute atomic E-state index is 0.0464. The number of pyridine rings is 1. The van der Waals surface area contributed by atoms with Crippen LogP contribution in [0.4, 0.5) is 11.5 Å². The summed E-state index contributed by atoms with van der Waals surface area (Å²) in [4.78, 5) is 3.56. The van der Waals surface area contributed by atoms with Crippen molar-refractivity contribution in [2.45, 2.75) is 4.90 Å². The summed E-state index contributed by atoms with van der Waals surface area (Å²) in [7, 11) is -3.89. The van der Waals surface area contributed by atoms with Gasteiger partial charge in [-0.05, 0) is 24.3 Å². The number of aromatic nitrogens is 1. The highest BCUT2D eigenvalue weighted by atomic mass is 35.5. The maximum atomic E-state index is 12.2. The van der Waals surface area contributed by atoms with Gasteiger partial charge in [-0.15, -0.1) is 0 Å². The Labute approximate surface area is 130 Å². The lowest BCUT2D eigenvalue weighted by atomic mass is 10.3. The number of rotatable bonds is 3. The number of nitrogen functional groups attached to an aromatic ring is 1. The molecule has 1 aromatic heterocycles. The average Bonchev–Trinajstić information content (AvgIpc) is 2.36. The highest BCUT2D eigenvalue weighted by Gasteiger charge is 2.17. The monoisotopic (exact) mass is 351 g/mol. The SMILES string of the molecule is Nc1ncc(S(=O)(=O)Nc2cc(Cl)ccc2Cl)cc1Cl. The van der Waals surface area contributed by atoms with Crippen molar-refractivity contribution in [3.8, 4) is 0 Å². The molecule has 0 saturated heterocycles. The fourth-order valence-corrected chi connectivity index (χ4v) is 3.02. The molecule has 5 nitrogen and oxygen atoms in total. The van der Waals surface area contributed by atoms with E-state index in [1.54, 1.807) is 6.07 Å². The summed E-state index contributed by atoms with van der Waals surface area (Å²) in [5.41, 5.74) is 5.59. The van der Waals surface area contributed by atoms with Crippen LogP contribution >= 0.6 is 34.8 Å². The van der Waals surface area contributed by atoms with E-state index in [9.17, 15) is 8.42 Å². The Morgan fingerprint density at radius 1 is 1.10 bits per heavy atom. The average molecular weight is 353 g/mol. The van der Waals surface area contributed by atoms with Crippen molar-refractivity contribution in [2.75, 3.05) is 10.5 Å². The van der Waals surface area contributed by atoms with Gasteiger partial charge in [-0.25, -0.2) is 13.4 Å². The van der Waals surface area contributed by atoms with Crippen LogP contribution in [0.3, 0.4) is 0 Å². The smallest absolute Gasteiger partial charge is 0.263 e. The minimum atomic E-state index is -3.89. The Balaban J connectivity index is 2.40. The third-order valence-corrected chi connectivity index (χ3v) is 4.53. The molecule has 0 amide bonds. The van der Waals surface area contributed by atoms with Crippen molar-refractivity contribution >= 4 is 56.3 Å². The topological polar surface area (TPSA) is 85.1 Å². The Hall–Kier alpha value is -1.21. The van der Waals surface area contributed by atoms with Crippen molar-refractivity contribution in [1.82, 2.24) is 4.98 Å². The zero-order valence-corrected chi connectivity index (χ0v) is 12.9. The largest absolute Gasteiger partial charge is 0.382 e. The summed E-state index contributed by atoms with van der Waals surface area (Å²) < 4.78 is 26.7. The lowest BCUT2D eigenvalue weighted by Crippen LogP contribution is -2.14. The van der Waals surface area contributed by atoms with Crippen molar-refractivity contribution in [1.29, 1.82) is 0 Å². The molecule has 9 heteroatoms. The molecule has 1 heterocycles. The van der Waals surface area contributed by atoms with Gasteiger partial charge in [-0.2, -0.15) is 0 Å². The van der Waals surface area contributed by atoms with Gasteiger partial charge < -0.3 is 5.73 Å². The van der Waals surface area contributed by atoms with E-state index in [1.165, 1.54) is 18.2 Å². The van der Waals surface area contributed by atoms with E-state index in [1.807, 2.05) is 0 Å². The summed E-state index contributed by atoms with van der Waals surface area (Å²) in [6, 6.07) is 5.62. The maximum Gasteiger partial charge on any atom is 0.263 e. The Kier molecular flexibility index (Phi) is 4.29. The van der Waals surface area contributed by atoms with Crippen molar-refractivity contribution < 1.29 is 8.42 Å². The molecule has 20 heavy (non-hydrogen) atoms. The molecular formula is C11H8Cl3N3O2S. The first kappa shape index (κ1) is 15.2. The summed E-state index contributed by atoms with van der Waals surface area (Å²) in [6.45, 7) is 0. The van der Waals surface area contributed by atoms with E-state index in [0.717, 1.165) is 6.20 Å². The molecular weight excluding hydrogens is 345 g/mol. The molecule has 3 N–H and O–H groups in total. The second-order valence-corrected chi connectivity index (χ2v) is 6.70. The number of sulfonamides is 1. The van der Waals surface area contributed by atoms with E-state index >= 15 is 0 Å². The molecule has 2 rings (SSSR count). The van der Waals surface area contributed by atoms with Crippen LogP contribution in [0, 0.1) is 0 Å². The lowest BCUT2D eigenvalue weighted by molar-refractivity contribution is 0.601. The number of nitrogens with zero attached hydrogens (tertiary/aromatic N) is 1. The molecule has 106 valence electrons. The van der Waals surface area contributed by atoms with E-state index in [2.05, 4.69) is 9.71 Å². The van der Waals surface area contributed by atoms with E-state index in [0.29, 0.717) is 5.02 Å². The van der Waals surface area contributed by atoms with Gasteiger partial charge in [0.05, 0.1) is 15.7 Å². The third kappa shape index (κ3) is 3.27. The summed E-state index contributed by atoms with van der Waals surface area (Å²) in [5, 5.41) is 0.609. The predicted molar refractivity (Wildman–Crippen MR) is 80.9 cm³/mol. The minimum Gasteiger partial charge on any atom is -0.382 e. The van der Waals surface area contributed by atoms with Crippen LogP contribution in [-0.2, 0) is 10.0 Å². The first-order valence-electron chi connectivity index (χ1n) is 5.18. The van der Waals surface area contributed by atoms with Crippen LogP contribution < -0.4 is 10.5 Å². The van der Waals surface area contributed by atoms with Gasteiger partial charge in [0, 0.05) is 11.2 Å². The predicted octanol–water partition coefficient (Wildman–Crippen LogP) is 3.42. The van der Waals surface area contributed by atoms with Crippen molar-refractivity contribution in [2.24, 2.45) is 0 Å². The number of anilines is 2. The van der Waals surface area contributed by atoms with E-state index in [-0.39, 0.29) is 26.4 Å². The first-order chi connectivity index (χ1) is 9.29. The van der Waals surface area contributed by atoms with E-state index < -0.39 is 10.0 Å². The van der Waals surface area contributed by atoms with Gasteiger partial charge in [-0.3, -0.25) is 4.72 Å². The molecule has 0 bridgehead atoms. The lowest BCUT2D eigenvalue weighted by Gasteiger charge is -2.10. The molecule has 0 aliphatic rings. The number of nitrogens with two attached hydrogens (primary N) is 1. The molecule has 0 aliphatic heterocycles. The van der Waals surface area contributed by atoms with Crippen LogP contribution in [-0.4, -0.2) is 13.4 Å². The van der Waals surface area contributed by atoms with Crippen LogP contribution in [0.25, 0.3) is 0 Å². The Morgan fingerprint density at radius 3 is 2.45 bits per heavy atom. The normalized spacial score (nSPS) is 11.3. The van der Waals surface area contributed by atoms with Gasteiger partial charge >= 0.3 is 0 Å². The maximum absolute atomic E-state index is 12.2. The second-order valence-electron chi connectivity index (χ2n) is 3.77. The van der Waals surface area contributed by atoms with Crippen LogP contribution in [0.15, 0.2) is 35.4 Å². The third-order valence-electron chi connectivity index (χ3n) is 2.33. The van der Waals surface area contributed by atoms with Gasteiger partial charge in [0.2, 0.25) is 0 Å². The van der Waals surface area contributed by atoms with Gasteiger partial charge in [0.15, 0.2) is 0 Å². The standard InChI is InChI=1S/C11H8Cl3N3O2S/c12-6-1-2-8(13)10(3-6)17-20(18,19)7-4-9(14)11(15)16-5-7/h1-5,17H,(H2,15,16). The number of nitrogens with one attached hydrogen (secondary N) is 1. The second kappa shape index (κ2) is 5.65. The molecule has 0 atom stereocenters. The van der Waals surface area contributed by atoms with Crippen LogP contribution in [0.1, 0.15) is 0 Å². The number of halogens is 3. The molecule has 2 aromatic rings.